The topological polar surface area (TPSA) is 46.1 Å². The number of alkyl halides is 1. The quantitative estimate of drug-likeness (QED) is 0.742. The lowest BCUT2D eigenvalue weighted by Crippen LogP contribution is -2.44. The van der Waals surface area contributed by atoms with Gasteiger partial charge in [-0.3, -0.25) is 4.79 Å². The summed E-state index contributed by atoms with van der Waals surface area (Å²) in [5.41, 5.74) is 0.846. The van der Waals surface area contributed by atoms with Crippen LogP contribution in [0, 0.1) is 0 Å². The molecule has 0 aromatic carbocycles. The van der Waals surface area contributed by atoms with Crippen molar-refractivity contribution in [3.8, 4) is 0 Å². The first-order valence-corrected chi connectivity index (χ1v) is 8.73. The fourth-order valence-corrected chi connectivity index (χ4v) is 3.26. The number of nitrogens with zero attached hydrogens (tertiary/aromatic N) is 3. The molecule has 1 fully saturated rings. The summed E-state index contributed by atoms with van der Waals surface area (Å²) in [4.78, 5) is 15.5. The highest BCUT2D eigenvalue weighted by atomic mass is 79.9. The minimum atomic E-state index is 0.129. The van der Waals surface area contributed by atoms with Crippen molar-refractivity contribution in [3.63, 3.8) is 0 Å². The van der Waals surface area contributed by atoms with Crippen molar-refractivity contribution in [2.24, 2.45) is 0 Å². The molecule has 0 unspecified atom stereocenters. The third-order valence-corrected chi connectivity index (χ3v) is 4.85. The van der Waals surface area contributed by atoms with E-state index in [1.807, 2.05) is 4.90 Å². The molecular formula is C13H20BrN3OS. The number of amides is 1. The number of aromatic nitrogens is 2. The molecule has 0 saturated heterocycles. The first-order valence-electron chi connectivity index (χ1n) is 6.84. The van der Waals surface area contributed by atoms with Gasteiger partial charge in [-0.2, -0.15) is 0 Å². The van der Waals surface area contributed by atoms with Crippen molar-refractivity contribution in [2.45, 2.75) is 51.5 Å². The minimum absolute atomic E-state index is 0.129. The Kier molecular flexibility index (Phi) is 5.33. The Morgan fingerprint density at radius 3 is 2.79 bits per heavy atom. The highest BCUT2D eigenvalue weighted by Crippen LogP contribution is 2.29. The number of halogens is 1. The fourth-order valence-electron chi connectivity index (χ4n) is 2.23. The van der Waals surface area contributed by atoms with Crippen LogP contribution in [0.2, 0.25) is 0 Å². The van der Waals surface area contributed by atoms with E-state index in [-0.39, 0.29) is 11.8 Å². The van der Waals surface area contributed by atoms with Gasteiger partial charge in [0, 0.05) is 17.9 Å². The third-order valence-electron chi connectivity index (χ3n) is 3.56. The van der Waals surface area contributed by atoms with Crippen LogP contribution in [0.25, 0.3) is 0 Å². The molecule has 0 spiro atoms. The summed E-state index contributed by atoms with van der Waals surface area (Å²) < 4.78 is 3.97. The smallest absolute Gasteiger partial charge is 0.267 e. The lowest BCUT2D eigenvalue weighted by Gasteiger charge is -2.37. The molecule has 0 N–H and O–H groups in total. The summed E-state index contributed by atoms with van der Waals surface area (Å²) in [5, 5.41) is 5.05. The molecule has 1 aromatic heterocycles. The predicted molar refractivity (Wildman–Crippen MR) is 81.1 cm³/mol. The van der Waals surface area contributed by atoms with Gasteiger partial charge in [0.25, 0.3) is 5.91 Å². The van der Waals surface area contributed by atoms with Crippen LogP contribution in [0.3, 0.4) is 0 Å². The zero-order valence-corrected chi connectivity index (χ0v) is 13.8. The molecule has 1 amide bonds. The van der Waals surface area contributed by atoms with Gasteiger partial charge in [-0.05, 0) is 43.1 Å². The molecule has 1 heterocycles. The van der Waals surface area contributed by atoms with Crippen molar-refractivity contribution >= 4 is 33.4 Å². The molecule has 4 nitrogen and oxygen atoms in total. The van der Waals surface area contributed by atoms with Gasteiger partial charge in [0.15, 0.2) is 0 Å². The van der Waals surface area contributed by atoms with Crippen LogP contribution in [0.15, 0.2) is 0 Å². The van der Waals surface area contributed by atoms with Crippen LogP contribution in [0.1, 0.15) is 60.8 Å². The molecule has 0 atom stereocenters. The Morgan fingerprint density at radius 1 is 1.53 bits per heavy atom. The summed E-state index contributed by atoms with van der Waals surface area (Å²) >= 11 is 4.68. The molecule has 6 heteroatoms. The third kappa shape index (κ3) is 3.34. The Morgan fingerprint density at radius 2 is 2.26 bits per heavy atom. The van der Waals surface area contributed by atoms with Crippen molar-refractivity contribution in [1.29, 1.82) is 0 Å². The highest BCUT2D eigenvalue weighted by molar-refractivity contribution is 9.09. The van der Waals surface area contributed by atoms with Crippen LogP contribution in [-0.4, -0.2) is 38.3 Å². The lowest BCUT2D eigenvalue weighted by atomic mass is 9.91. The molecule has 19 heavy (non-hydrogen) atoms. The van der Waals surface area contributed by atoms with Gasteiger partial charge in [-0.25, -0.2) is 0 Å². The van der Waals surface area contributed by atoms with E-state index in [4.69, 9.17) is 0 Å². The molecule has 0 bridgehead atoms. The van der Waals surface area contributed by atoms with Crippen LogP contribution >= 0.6 is 27.5 Å². The van der Waals surface area contributed by atoms with Crippen LogP contribution < -0.4 is 0 Å². The largest absolute Gasteiger partial charge is 0.335 e. The molecule has 1 aliphatic rings. The number of hydrogen-bond acceptors (Lipinski definition) is 4. The lowest BCUT2D eigenvalue weighted by molar-refractivity contribution is 0.0584. The van der Waals surface area contributed by atoms with Crippen LogP contribution in [-0.2, 0) is 0 Å². The van der Waals surface area contributed by atoms with E-state index >= 15 is 0 Å². The second-order valence-electron chi connectivity index (χ2n) is 5.27. The molecule has 1 aliphatic carbocycles. The Hall–Kier alpha value is -0.490. The highest BCUT2D eigenvalue weighted by Gasteiger charge is 2.31. The second kappa shape index (κ2) is 6.79. The van der Waals surface area contributed by atoms with E-state index in [0.717, 1.165) is 41.7 Å². The zero-order chi connectivity index (χ0) is 13.8. The summed E-state index contributed by atoms with van der Waals surface area (Å²) in [6.45, 7) is 4.93. The van der Waals surface area contributed by atoms with Crippen molar-refractivity contribution in [3.05, 3.63) is 10.6 Å². The number of carbonyl (C=O) groups excluding carboxylic acids is 1. The van der Waals surface area contributed by atoms with Crippen molar-refractivity contribution in [2.75, 3.05) is 11.9 Å². The Bertz CT molecular complexity index is 431. The van der Waals surface area contributed by atoms with E-state index in [9.17, 15) is 4.79 Å². The van der Waals surface area contributed by atoms with Gasteiger partial charge in [0.1, 0.15) is 4.88 Å². The molecule has 0 radical (unpaired) electrons. The Balaban J connectivity index is 2.15. The van der Waals surface area contributed by atoms with Gasteiger partial charge < -0.3 is 4.90 Å². The predicted octanol–water partition coefficient (Wildman–Crippen LogP) is 3.44. The molecule has 0 aliphatic heterocycles. The first kappa shape index (κ1) is 14.9. The van der Waals surface area contributed by atoms with Gasteiger partial charge in [-0.15, -0.1) is 5.10 Å². The summed E-state index contributed by atoms with van der Waals surface area (Å²) in [6.07, 6.45) is 4.50. The molecule has 106 valence electrons. The summed E-state index contributed by atoms with van der Waals surface area (Å²) in [7, 11) is 0. The SMILES string of the molecule is CC(C)c1nnsc1C(=O)N(CCCBr)C1CCC1. The van der Waals surface area contributed by atoms with Gasteiger partial charge in [-0.1, -0.05) is 34.3 Å². The molecule has 1 aromatic rings. The van der Waals surface area contributed by atoms with Crippen LogP contribution in [0.4, 0.5) is 0 Å². The second-order valence-corrected chi connectivity index (χ2v) is 6.81. The fraction of sp³-hybridized carbons (Fsp3) is 0.769. The van der Waals surface area contributed by atoms with Crippen LogP contribution in [0.5, 0.6) is 0 Å². The maximum atomic E-state index is 12.7. The average molecular weight is 346 g/mol. The maximum absolute atomic E-state index is 12.7. The maximum Gasteiger partial charge on any atom is 0.267 e. The van der Waals surface area contributed by atoms with E-state index in [1.165, 1.54) is 18.0 Å². The van der Waals surface area contributed by atoms with Crippen molar-refractivity contribution < 1.29 is 4.79 Å². The van der Waals surface area contributed by atoms with Gasteiger partial charge >= 0.3 is 0 Å². The minimum Gasteiger partial charge on any atom is -0.335 e. The monoisotopic (exact) mass is 345 g/mol. The zero-order valence-electron chi connectivity index (χ0n) is 11.4. The van der Waals surface area contributed by atoms with Gasteiger partial charge in [0.05, 0.1) is 5.69 Å². The molecule has 2 rings (SSSR count). The first-order chi connectivity index (χ1) is 9.15. The average Bonchev–Trinajstić information content (AvgIpc) is 2.80. The molecular weight excluding hydrogens is 326 g/mol. The number of hydrogen-bond donors (Lipinski definition) is 0. The van der Waals surface area contributed by atoms with E-state index in [2.05, 4.69) is 39.4 Å². The summed E-state index contributed by atoms with van der Waals surface area (Å²) in [5.74, 6) is 0.376. The van der Waals surface area contributed by atoms with E-state index < -0.39 is 0 Å². The van der Waals surface area contributed by atoms with E-state index in [0.29, 0.717) is 6.04 Å². The standard InChI is InChI=1S/C13H20BrN3OS/c1-9(2)11-12(19-16-15-11)13(18)17(8-4-7-14)10-5-3-6-10/h9-10H,3-8H2,1-2H3. The molecule has 1 saturated carbocycles. The Labute approximate surface area is 126 Å². The van der Waals surface area contributed by atoms with Crippen molar-refractivity contribution in [1.82, 2.24) is 14.5 Å². The number of rotatable bonds is 6. The summed E-state index contributed by atoms with van der Waals surface area (Å²) in [6, 6.07) is 0.425. The normalized spacial score (nSPS) is 15.6. The number of carbonyl (C=O) groups is 1. The van der Waals surface area contributed by atoms with E-state index in [1.54, 1.807) is 0 Å². The van der Waals surface area contributed by atoms with Gasteiger partial charge in [0.2, 0.25) is 0 Å².